The van der Waals surface area contributed by atoms with Crippen LogP contribution in [0.4, 0.5) is 0 Å². The van der Waals surface area contributed by atoms with Crippen LogP contribution in [0.15, 0.2) is 23.8 Å². The zero-order chi connectivity index (χ0) is 18.0. The minimum Gasteiger partial charge on any atom is -0.392 e. The van der Waals surface area contributed by atoms with Gasteiger partial charge in [-0.15, -0.1) is 0 Å². The van der Waals surface area contributed by atoms with Crippen molar-refractivity contribution < 1.29 is 20.1 Å². The molecule has 0 aromatic rings. The molecule has 134 valence electrons. The summed E-state index contributed by atoms with van der Waals surface area (Å²) in [6, 6.07) is 0. The first-order valence-electron chi connectivity index (χ1n) is 9.01. The van der Waals surface area contributed by atoms with E-state index >= 15 is 0 Å². The van der Waals surface area contributed by atoms with E-state index in [1.54, 1.807) is 6.92 Å². The Morgan fingerprint density at radius 2 is 1.92 bits per heavy atom. The molecule has 0 spiro atoms. The molecule has 0 amide bonds. The normalized spacial score (nSPS) is 48.2. The third-order valence-corrected chi connectivity index (χ3v) is 6.99. The Balaban J connectivity index is 2.04. The molecule has 0 heterocycles. The van der Waals surface area contributed by atoms with Crippen molar-refractivity contribution in [1.29, 1.82) is 0 Å². The zero-order valence-corrected chi connectivity index (χ0v) is 15.1. The molecule has 0 aliphatic heterocycles. The van der Waals surface area contributed by atoms with Gasteiger partial charge in [-0.25, -0.2) is 0 Å². The molecule has 4 nitrogen and oxygen atoms in total. The topological polar surface area (TPSA) is 77.8 Å². The van der Waals surface area contributed by atoms with Crippen LogP contribution in [0.2, 0.25) is 0 Å². The van der Waals surface area contributed by atoms with Crippen LogP contribution in [-0.2, 0) is 4.79 Å². The summed E-state index contributed by atoms with van der Waals surface area (Å²) in [5.74, 6) is -0.729. The number of rotatable bonds is 0. The molecule has 24 heavy (non-hydrogen) atoms. The Hall–Kier alpha value is -0.970. The second kappa shape index (κ2) is 5.52. The van der Waals surface area contributed by atoms with Gasteiger partial charge in [-0.1, -0.05) is 33.4 Å². The number of hydrogen-bond donors (Lipinski definition) is 3. The van der Waals surface area contributed by atoms with Gasteiger partial charge in [0.05, 0.1) is 18.1 Å². The third kappa shape index (κ3) is 2.42. The van der Waals surface area contributed by atoms with Crippen molar-refractivity contribution in [2.24, 2.45) is 29.1 Å². The lowest BCUT2D eigenvalue weighted by Gasteiger charge is -2.34. The number of carbonyl (C=O) groups is 1. The number of aliphatic hydroxyl groups excluding tert-OH is 2. The highest BCUT2D eigenvalue weighted by Crippen LogP contribution is 2.62. The lowest BCUT2D eigenvalue weighted by atomic mass is 9.77. The molecule has 0 bridgehead atoms. The number of aliphatic hydroxyl groups is 3. The second-order valence-corrected chi connectivity index (χ2v) is 8.90. The lowest BCUT2D eigenvalue weighted by Crippen LogP contribution is -2.50. The number of hydrogen-bond acceptors (Lipinski definition) is 4. The molecule has 3 rings (SSSR count). The van der Waals surface area contributed by atoms with Crippen LogP contribution < -0.4 is 0 Å². The highest BCUT2D eigenvalue weighted by molar-refractivity contribution is 6.02. The van der Waals surface area contributed by atoms with Crippen LogP contribution >= 0.6 is 0 Å². The van der Waals surface area contributed by atoms with Crippen LogP contribution in [-0.4, -0.2) is 38.9 Å². The summed E-state index contributed by atoms with van der Waals surface area (Å²) >= 11 is 0. The van der Waals surface area contributed by atoms with E-state index in [1.807, 2.05) is 13.0 Å². The SMILES string of the molecule is C=C1CCC2C(C=C(C)C(=O)[C@@]3(O)CC(C)C(O)C3C1O)C2(C)C. The number of allylic oxidation sites excluding steroid dienone is 1. The first-order valence-corrected chi connectivity index (χ1v) is 9.01. The van der Waals surface area contributed by atoms with Crippen LogP contribution in [0, 0.1) is 29.1 Å². The quantitative estimate of drug-likeness (QED) is 0.594. The van der Waals surface area contributed by atoms with Crippen LogP contribution in [0.5, 0.6) is 0 Å². The van der Waals surface area contributed by atoms with E-state index in [0.717, 1.165) is 6.42 Å². The fraction of sp³-hybridized carbons (Fsp3) is 0.750. The largest absolute Gasteiger partial charge is 0.392 e. The van der Waals surface area contributed by atoms with Gasteiger partial charge >= 0.3 is 0 Å². The molecule has 6 unspecified atom stereocenters. The second-order valence-electron chi connectivity index (χ2n) is 8.90. The summed E-state index contributed by atoms with van der Waals surface area (Å²) < 4.78 is 0. The molecule has 4 heteroatoms. The van der Waals surface area contributed by atoms with E-state index in [9.17, 15) is 20.1 Å². The highest BCUT2D eigenvalue weighted by Gasteiger charge is 2.60. The van der Waals surface area contributed by atoms with E-state index in [2.05, 4.69) is 20.4 Å². The van der Waals surface area contributed by atoms with E-state index < -0.39 is 23.7 Å². The van der Waals surface area contributed by atoms with Gasteiger partial charge < -0.3 is 15.3 Å². The number of Topliss-reactive ketones (excluding diaryl/α,β-unsaturated/α-hetero) is 1. The third-order valence-electron chi connectivity index (χ3n) is 6.99. The predicted octanol–water partition coefficient (Wildman–Crippen LogP) is 2.23. The van der Waals surface area contributed by atoms with Crippen molar-refractivity contribution in [3.63, 3.8) is 0 Å². The standard InChI is InChI=1S/C20H30O4/c1-10-6-7-13-14(19(13,4)5)8-11(2)18(23)20(24)9-12(3)17(22)15(20)16(10)21/h8,12-17,21-22,24H,1,6-7,9H2,2-5H3/t12?,13?,14?,15?,16?,17?,20-/m1/s1. The van der Waals surface area contributed by atoms with Gasteiger partial charge in [0.25, 0.3) is 0 Å². The molecule has 0 aromatic heterocycles. The predicted molar refractivity (Wildman–Crippen MR) is 92.1 cm³/mol. The molecule has 3 N–H and O–H groups in total. The van der Waals surface area contributed by atoms with Crippen molar-refractivity contribution in [2.45, 2.75) is 64.8 Å². The maximum Gasteiger partial charge on any atom is 0.190 e. The Kier molecular flexibility index (Phi) is 4.10. The molecule has 2 fully saturated rings. The fourth-order valence-corrected chi connectivity index (χ4v) is 5.17. The van der Waals surface area contributed by atoms with Crippen LogP contribution in [0.3, 0.4) is 0 Å². The van der Waals surface area contributed by atoms with E-state index in [4.69, 9.17) is 0 Å². The molecular formula is C20H30O4. The molecule has 3 aliphatic carbocycles. The van der Waals surface area contributed by atoms with Crippen molar-refractivity contribution >= 4 is 5.78 Å². The van der Waals surface area contributed by atoms with Crippen molar-refractivity contribution in [3.8, 4) is 0 Å². The summed E-state index contributed by atoms with van der Waals surface area (Å²) in [5, 5.41) is 32.4. The smallest absolute Gasteiger partial charge is 0.190 e. The van der Waals surface area contributed by atoms with Gasteiger partial charge in [-0.3, -0.25) is 4.79 Å². The van der Waals surface area contributed by atoms with E-state index in [0.29, 0.717) is 29.4 Å². The highest BCUT2D eigenvalue weighted by atomic mass is 16.3. The fourth-order valence-electron chi connectivity index (χ4n) is 5.17. The maximum atomic E-state index is 13.0. The molecule has 0 saturated heterocycles. The van der Waals surface area contributed by atoms with Gasteiger partial charge in [0.15, 0.2) is 5.78 Å². The minimum absolute atomic E-state index is 0.135. The van der Waals surface area contributed by atoms with Crippen LogP contribution in [0.1, 0.15) is 47.0 Å². The molecule has 0 aromatic carbocycles. The molecule has 0 radical (unpaired) electrons. The Morgan fingerprint density at radius 3 is 2.54 bits per heavy atom. The Bertz CT molecular complexity index is 605. The minimum atomic E-state index is -1.72. The van der Waals surface area contributed by atoms with Gasteiger partial charge in [0.2, 0.25) is 0 Å². The average Bonchev–Trinajstić information content (AvgIpc) is 2.91. The lowest BCUT2D eigenvalue weighted by molar-refractivity contribution is -0.144. The summed E-state index contributed by atoms with van der Waals surface area (Å²) in [5.41, 5.74) is -0.429. The number of carbonyl (C=O) groups excluding carboxylic acids is 1. The number of ketones is 1. The summed E-state index contributed by atoms with van der Waals surface area (Å²) in [4.78, 5) is 13.0. The van der Waals surface area contributed by atoms with Crippen molar-refractivity contribution in [3.05, 3.63) is 23.8 Å². The maximum absolute atomic E-state index is 13.0. The van der Waals surface area contributed by atoms with Crippen LogP contribution in [0.25, 0.3) is 0 Å². The van der Waals surface area contributed by atoms with Gasteiger partial charge in [0, 0.05) is 0 Å². The monoisotopic (exact) mass is 334 g/mol. The molecule has 7 atom stereocenters. The molecule has 2 saturated carbocycles. The van der Waals surface area contributed by atoms with Crippen molar-refractivity contribution in [1.82, 2.24) is 0 Å². The summed E-state index contributed by atoms with van der Waals surface area (Å²) in [6.07, 6.45) is 1.75. The first kappa shape index (κ1) is 17.8. The summed E-state index contributed by atoms with van der Waals surface area (Å²) in [7, 11) is 0. The van der Waals surface area contributed by atoms with Crippen molar-refractivity contribution in [2.75, 3.05) is 0 Å². The molecular weight excluding hydrogens is 304 g/mol. The van der Waals surface area contributed by atoms with E-state index in [-0.39, 0.29) is 23.5 Å². The number of fused-ring (bicyclic) bond motifs is 2. The van der Waals surface area contributed by atoms with Gasteiger partial charge in [-0.2, -0.15) is 0 Å². The van der Waals surface area contributed by atoms with Gasteiger partial charge in [-0.05, 0) is 60.5 Å². The molecule has 3 aliphatic rings. The first-order chi connectivity index (χ1) is 11.0. The van der Waals surface area contributed by atoms with E-state index in [1.165, 1.54) is 0 Å². The van der Waals surface area contributed by atoms with Gasteiger partial charge in [0.1, 0.15) is 5.60 Å². The Morgan fingerprint density at radius 1 is 1.29 bits per heavy atom. The Labute approximate surface area is 144 Å². The zero-order valence-electron chi connectivity index (χ0n) is 15.1. The average molecular weight is 334 g/mol. The summed E-state index contributed by atoms with van der Waals surface area (Å²) in [6.45, 7) is 11.9.